The van der Waals surface area contributed by atoms with Gasteiger partial charge in [-0.2, -0.15) is 0 Å². The van der Waals surface area contributed by atoms with Gasteiger partial charge in [-0.25, -0.2) is 4.79 Å². The summed E-state index contributed by atoms with van der Waals surface area (Å²) in [6.45, 7) is 1.62. The van der Waals surface area contributed by atoms with Gasteiger partial charge in [0.15, 0.2) is 4.93 Å². The second-order valence-corrected chi connectivity index (χ2v) is 3.75. The Balaban J connectivity index is 4.08. The molecule has 0 aliphatic carbocycles. The lowest BCUT2D eigenvalue weighted by Crippen LogP contribution is -2.22. The summed E-state index contributed by atoms with van der Waals surface area (Å²) in [7, 11) is 0. The quantitative estimate of drug-likeness (QED) is 0.368. The van der Waals surface area contributed by atoms with Crippen LogP contribution in [0.2, 0.25) is 0 Å². The highest BCUT2D eigenvalue weighted by Crippen LogP contribution is 2.20. The summed E-state index contributed by atoms with van der Waals surface area (Å²) in [5, 5.41) is 0. The summed E-state index contributed by atoms with van der Waals surface area (Å²) in [6.07, 6.45) is -0.465. The second kappa shape index (κ2) is 5.72. The highest BCUT2D eigenvalue weighted by molar-refractivity contribution is 14.1. The summed E-state index contributed by atoms with van der Waals surface area (Å²) in [4.78, 5) is 9.68. The molecule has 0 fully saturated rings. The zero-order valence-corrected chi connectivity index (χ0v) is 10.1. The van der Waals surface area contributed by atoms with Crippen molar-refractivity contribution < 1.29 is 9.53 Å². The van der Waals surface area contributed by atoms with Crippen molar-refractivity contribution in [2.45, 2.75) is 18.3 Å². The molecule has 1 unspecified atom stereocenters. The molecule has 0 aliphatic heterocycles. The van der Waals surface area contributed by atoms with Gasteiger partial charge >= 0.3 is 6.09 Å². The Bertz CT molecular complexity index is 244. The highest BCUT2D eigenvalue weighted by Gasteiger charge is 2.22. The van der Waals surface area contributed by atoms with Crippen LogP contribution in [-0.4, -0.2) is 11.0 Å². The lowest BCUT2D eigenvalue weighted by molar-refractivity contribution is 0.101. The Hall–Kier alpha value is 0.130. The average molecular weight is 315 g/mol. The molecule has 0 aliphatic rings. The molecule has 0 aromatic heterocycles. The van der Waals surface area contributed by atoms with Crippen LogP contribution in [0, 0.1) is 9.85 Å². The van der Waals surface area contributed by atoms with E-state index < -0.39 is 11.0 Å². The number of carbonyl (C=O) groups is 1. The zero-order valence-electron chi connectivity index (χ0n) is 6.20. The van der Waals surface area contributed by atoms with E-state index in [1.165, 1.54) is 0 Å². The first-order valence-electron chi connectivity index (χ1n) is 2.89. The summed E-state index contributed by atoms with van der Waals surface area (Å²) in [5.74, 6) is 2.73. The van der Waals surface area contributed by atoms with E-state index in [-0.39, 0.29) is 0 Å². The molecular weight excluding hydrogens is 309 g/mol. The lowest BCUT2D eigenvalue weighted by atomic mass is 10.3. The van der Waals surface area contributed by atoms with E-state index in [1.54, 1.807) is 6.92 Å². The van der Waals surface area contributed by atoms with Gasteiger partial charge in [-0.1, -0.05) is 5.92 Å². The Morgan fingerprint density at radius 2 is 2.50 bits per heavy atom. The minimum absolute atomic E-state index is 0.343. The summed E-state index contributed by atoms with van der Waals surface area (Å²) in [6, 6.07) is 0. The van der Waals surface area contributed by atoms with E-state index >= 15 is 0 Å². The van der Waals surface area contributed by atoms with Gasteiger partial charge in [0, 0.05) is 35.0 Å². The Morgan fingerprint density at radius 1 is 1.92 bits per heavy atom. The van der Waals surface area contributed by atoms with E-state index in [1.807, 2.05) is 22.6 Å². The molecule has 3 nitrogen and oxygen atoms in total. The molecule has 0 aromatic rings. The number of nitrogens with zero attached hydrogens (tertiary/aromatic N) is 1. The van der Waals surface area contributed by atoms with Gasteiger partial charge in [-0.05, 0) is 10.9 Å². The molecule has 1 amide bonds. The molecule has 0 aromatic carbocycles. The molecule has 0 radical (unpaired) electrons. The topological polar surface area (TPSA) is 38.7 Å². The van der Waals surface area contributed by atoms with Crippen LogP contribution in [-0.2, 0) is 17.2 Å². The van der Waals surface area contributed by atoms with Crippen LogP contribution in [0.5, 0.6) is 0 Å². The molecular formula is C6H6INO2S2. The summed E-state index contributed by atoms with van der Waals surface area (Å²) >= 11 is 10.1. The van der Waals surface area contributed by atoms with Gasteiger partial charge in [0.2, 0.25) is 0 Å². The third-order valence-corrected chi connectivity index (χ3v) is 1.64. The Morgan fingerprint density at radius 3 is 2.92 bits per heavy atom. The van der Waals surface area contributed by atoms with Gasteiger partial charge < -0.3 is 4.74 Å². The van der Waals surface area contributed by atoms with Crippen LogP contribution in [0.4, 0.5) is 4.79 Å². The van der Waals surface area contributed by atoms with Crippen molar-refractivity contribution in [3.05, 3.63) is 0 Å². The number of amides is 1. The predicted molar refractivity (Wildman–Crippen MR) is 60.1 cm³/mol. The Kier molecular flexibility index (Phi) is 5.78. The molecule has 0 saturated carbocycles. The number of halogens is 1. The smallest absolute Gasteiger partial charge is 0.429 e. The maximum atomic E-state index is 10.6. The number of carbonyl (C=O) groups excluding carboxylic acids is 1. The third kappa shape index (κ3) is 5.74. The predicted octanol–water partition coefficient (Wildman–Crippen LogP) is 2.29. The molecule has 0 saturated heterocycles. The minimum atomic E-state index is -0.919. The maximum absolute atomic E-state index is 10.6. The number of ether oxygens (including phenoxy) is 1. The fourth-order valence-corrected chi connectivity index (χ4v) is 0.825. The van der Waals surface area contributed by atoms with E-state index in [4.69, 9.17) is 4.74 Å². The zero-order chi connectivity index (χ0) is 9.61. The number of hydrogen-bond donors (Lipinski definition) is 1. The molecule has 12 heavy (non-hydrogen) atoms. The first kappa shape index (κ1) is 12.1. The van der Waals surface area contributed by atoms with Gasteiger partial charge in [0.1, 0.15) is 0 Å². The molecule has 0 bridgehead atoms. The molecule has 0 N–H and O–H groups in total. The largest absolute Gasteiger partial charge is 0.446 e. The van der Waals surface area contributed by atoms with Gasteiger partial charge in [0.25, 0.3) is 0 Å². The van der Waals surface area contributed by atoms with E-state index in [9.17, 15) is 4.79 Å². The monoisotopic (exact) mass is 315 g/mol. The number of hydrogen-bond acceptors (Lipinski definition) is 4. The number of thiol groups is 1. The second-order valence-electron chi connectivity index (χ2n) is 2.08. The van der Waals surface area contributed by atoms with Crippen molar-refractivity contribution in [3.63, 3.8) is 0 Å². The fraction of sp³-hybridized carbons (Fsp3) is 0.500. The van der Waals surface area contributed by atoms with Crippen molar-refractivity contribution in [1.82, 2.24) is 0 Å². The maximum Gasteiger partial charge on any atom is 0.446 e. The standard InChI is InChI=1S/C6H6INO2S2/c1-6(11,3-2-4-7)10-5(9)8-12/h11H,3H2,1H3. The van der Waals surface area contributed by atoms with Crippen molar-refractivity contribution in [3.8, 4) is 9.85 Å². The van der Waals surface area contributed by atoms with E-state index in [0.29, 0.717) is 6.42 Å². The van der Waals surface area contributed by atoms with Crippen molar-refractivity contribution in [2.24, 2.45) is 4.36 Å². The van der Waals surface area contributed by atoms with Gasteiger partial charge in [0.05, 0.1) is 6.42 Å². The van der Waals surface area contributed by atoms with Crippen molar-refractivity contribution in [2.75, 3.05) is 0 Å². The summed E-state index contributed by atoms with van der Waals surface area (Å²) in [5.41, 5.74) is 0. The third-order valence-electron chi connectivity index (χ3n) is 0.865. The van der Waals surface area contributed by atoms with Gasteiger partial charge in [-0.3, -0.25) is 0 Å². The molecule has 1 atom stereocenters. The molecule has 0 rings (SSSR count). The van der Waals surface area contributed by atoms with E-state index in [2.05, 4.69) is 39.3 Å². The molecule has 66 valence electrons. The minimum Gasteiger partial charge on any atom is -0.429 e. The Labute approximate surface area is 95.3 Å². The van der Waals surface area contributed by atoms with Crippen LogP contribution in [0.15, 0.2) is 4.36 Å². The lowest BCUT2D eigenvalue weighted by Gasteiger charge is -2.19. The molecule has 0 heterocycles. The van der Waals surface area contributed by atoms with Crippen LogP contribution in [0.25, 0.3) is 0 Å². The van der Waals surface area contributed by atoms with Crippen LogP contribution in [0.3, 0.4) is 0 Å². The van der Waals surface area contributed by atoms with E-state index in [0.717, 1.165) is 0 Å². The highest BCUT2D eigenvalue weighted by atomic mass is 127. The van der Waals surface area contributed by atoms with Crippen LogP contribution in [0.1, 0.15) is 13.3 Å². The normalized spacial score (nSPS) is 13.6. The SMILES string of the molecule is CC(S)(CC#CI)OC(=O)N=S. The van der Waals surface area contributed by atoms with Crippen LogP contribution < -0.4 is 0 Å². The van der Waals surface area contributed by atoms with Crippen molar-refractivity contribution in [1.29, 1.82) is 0 Å². The first-order chi connectivity index (χ1) is 5.52. The molecule has 0 spiro atoms. The number of rotatable bonds is 2. The fourth-order valence-electron chi connectivity index (χ4n) is 0.440. The summed E-state index contributed by atoms with van der Waals surface area (Å²) < 4.78 is 10.3. The van der Waals surface area contributed by atoms with Gasteiger partial charge in [-0.15, -0.1) is 17.0 Å². The van der Waals surface area contributed by atoms with Crippen molar-refractivity contribution >= 4 is 53.7 Å². The van der Waals surface area contributed by atoms with Crippen LogP contribution >= 0.6 is 35.2 Å². The first-order valence-corrected chi connectivity index (χ1v) is 4.78. The average Bonchev–Trinajstić information content (AvgIpc) is 2.00. The molecule has 6 heteroatoms.